The van der Waals surface area contributed by atoms with E-state index in [4.69, 9.17) is 4.42 Å². The molecule has 3 rings (SSSR count). The van der Waals surface area contributed by atoms with Crippen LogP contribution in [0.25, 0.3) is 11.0 Å². The summed E-state index contributed by atoms with van der Waals surface area (Å²) in [5, 5.41) is 0.989. The minimum absolute atomic E-state index is 0.0658. The first kappa shape index (κ1) is 14.3. The molecule has 0 aliphatic rings. The van der Waals surface area contributed by atoms with Crippen molar-refractivity contribution in [3.63, 3.8) is 0 Å². The molecule has 0 bridgehead atoms. The number of alkyl halides is 1. The fraction of sp³-hybridized carbons (Fsp3) is 0.176. The molecule has 0 fully saturated rings. The number of fused-ring (bicyclic) bond motifs is 1. The predicted molar refractivity (Wildman–Crippen MR) is 82.7 cm³/mol. The highest BCUT2D eigenvalue weighted by Crippen LogP contribution is 2.33. The van der Waals surface area contributed by atoms with Gasteiger partial charge in [-0.25, -0.2) is 8.78 Å². The fourth-order valence-electron chi connectivity index (χ4n) is 2.34. The van der Waals surface area contributed by atoms with E-state index in [2.05, 4.69) is 15.9 Å². The molecule has 2 aromatic carbocycles. The molecule has 1 aromatic heterocycles. The molecule has 1 nitrogen and oxygen atoms in total. The van der Waals surface area contributed by atoms with Crippen LogP contribution >= 0.6 is 15.9 Å². The molecule has 0 aliphatic carbocycles. The number of rotatable bonds is 3. The number of furan rings is 1. The lowest BCUT2D eigenvalue weighted by molar-refractivity contribution is 0.523. The van der Waals surface area contributed by atoms with E-state index in [0.717, 1.165) is 16.5 Å². The van der Waals surface area contributed by atoms with Crippen LogP contribution in [-0.2, 0) is 6.42 Å². The maximum absolute atomic E-state index is 13.7. The van der Waals surface area contributed by atoms with Crippen LogP contribution in [0.1, 0.15) is 21.7 Å². The van der Waals surface area contributed by atoms with Crippen molar-refractivity contribution in [2.24, 2.45) is 0 Å². The van der Waals surface area contributed by atoms with Crippen LogP contribution in [0.15, 0.2) is 46.9 Å². The van der Waals surface area contributed by atoms with E-state index in [0.29, 0.717) is 5.76 Å². The van der Waals surface area contributed by atoms with E-state index in [1.54, 1.807) is 0 Å². The number of hydrogen-bond acceptors (Lipinski definition) is 1. The Morgan fingerprint density at radius 3 is 2.52 bits per heavy atom. The molecule has 0 N–H and O–H groups in total. The normalized spacial score (nSPS) is 12.8. The number of aryl methyl sites for hydroxylation is 1. The molecule has 1 heterocycles. The van der Waals surface area contributed by atoms with E-state index in [1.807, 2.05) is 31.2 Å². The first-order valence-electron chi connectivity index (χ1n) is 6.61. The topological polar surface area (TPSA) is 13.1 Å². The summed E-state index contributed by atoms with van der Waals surface area (Å²) in [6.07, 6.45) is 0.192. The largest absolute Gasteiger partial charge is 0.460 e. The van der Waals surface area contributed by atoms with Crippen molar-refractivity contribution in [3.05, 3.63) is 71.0 Å². The Hall–Kier alpha value is -1.68. The van der Waals surface area contributed by atoms with E-state index in [1.165, 1.54) is 18.2 Å². The van der Waals surface area contributed by atoms with Crippen LogP contribution in [0.5, 0.6) is 0 Å². The fourth-order valence-corrected chi connectivity index (χ4v) is 2.89. The van der Waals surface area contributed by atoms with Gasteiger partial charge in [-0.15, -0.1) is 0 Å². The number of hydrogen-bond donors (Lipinski definition) is 0. The summed E-state index contributed by atoms with van der Waals surface area (Å²) >= 11 is 3.46. The summed E-state index contributed by atoms with van der Waals surface area (Å²) in [5.41, 5.74) is 1.98. The van der Waals surface area contributed by atoms with Gasteiger partial charge in [0.05, 0.1) is 4.83 Å². The van der Waals surface area contributed by atoms with Gasteiger partial charge in [0.25, 0.3) is 0 Å². The molecule has 1 atom stereocenters. The molecular formula is C17H13BrF2O. The Morgan fingerprint density at radius 1 is 1.10 bits per heavy atom. The molecular weight excluding hydrogens is 338 g/mol. The highest BCUT2D eigenvalue weighted by atomic mass is 79.9. The van der Waals surface area contributed by atoms with Crippen molar-refractivity contribution >= 4 is 26.9 Å². The standard InChI is InChI=1S/C17H13BrF2O/c1-10-5-6-16-11(7-10)8-17(21-16)13(18)9-12-14(19)3-2-4-15(12)20/h2-8,13H,9H2,1H3. The quantitative estimate of drug-likeness (QED) is 0.552. The zero-order valence-electron chi connectivity index (χ0n) is 11.4. The van der Waals surface area contributed by atoms with Crippen molar-refractivity contribution in [1.29, 1.82) is 0 Å². The Balaban J connectivity index is 1.91. The lowest BCUT2D eigenvalue weighted by atomic mass is 10.1. The lowest BCUT2D eigenvalue weighted by Gasteiger charge is -2.08. The van der Waals surface area contributed by atoms with Gasteiger partial charge in [0.2, 0.25) is 0 Å². The SMILES string of the molecule is Cc1ccc2oc(C(Br)Cc3c(F)cccc3F)cc2c1. The lowest BCUT2D eigenvalue weighted by Crippen LogP contribution is -2.00. The number of halogens is 3. The molecule has 0 saturated heterocycles. The maximum atomic E-state index is 13.7. The van der Waals surface area contributed by atoms with Crippen molar-refractivity contribution in [1.82, 2.24) is 0 Å². The van der Waals surface area contributed by atoms with Crippen LogP contribution in [0.4, 0.5) is 8.78 Å². The van der Waals surface area contributed by atoms with Crippen LogP contribution < -0.4 is 0 Å². The molecule has 4 heteroatoms. The van der Waals surface area contributed by atoms with Crippen molar-refractivity contribution < 1.29 is 13.2 Å². The van der Waals surface area contributed by atoms with E-state index < -0.39 is 11.6 Å². The van der Waals surface area contributed by atoms with Gasteiger partial charge in [-0.1, -0.05) is 33.6 Å². The maximum Gasteiger partial charge on any atom is 0.134 e. The third kappa shape index (κ3) is 2.86. The highest BCUT2D eigenvalue weighted by molar-refractivity contribution is 9.09. The summed E-state index contributed by atoms with van der Waals surface area (Å²) in [6, 6.07) is 11.7. The minimum atomic E-state index is -0.536. The Morgan fingerprint density at radius 2 is 1.81 bits per heavy atom. The molecule has 0 radical (unpaired) electrons. The average Bonchev–Trinajstić information content (AvgIpc) is 2.86. The molecule has 3 aromatic rings. The van der Waals surface area contributed by atoms with E-state index >= 15 is 0 Å². The zero-order chi connectivity index (χ0) is 15.0. The van der Waals surface area contributed by atoms with Gasteiger partial charge in [-0.2, -0.15) is 0 Å². The summed E-state index contributed by atoms with van der Waals surface area (Å²) in [4.78, 5) is -0.281. The van der Waals surface area contributed by atoms with Gasteiger partial charge in [-0.3, -0.25) is 0 Å². The summed E-state index contributed by atoms with van der Waals surface area (Å²) in [5.74, 6) is -0.406. The van der Waals surface area contributed by atoms with Crippen molar-refractivity contribution in [2.45, 2.75) is 18.2 Å². The van der Waals surface area contributed by atoms with Gasteiger partial charge < -0.3 is 4.42 Å². The second-order valence-electron chi connectivity index (χ2n) is 5.06. The van der Waals surface area contributed by atoms with Gasteiger partial charge in [0.15, 0.2) is 0 Å². The molecule has 1 unspecified atom stereocenters. The van der Waals surface area contributed by atoms with Crippen LogP contribution in [-0.4, -0.2) is 0 Å². The van der Waals surface area contributed by atoms with Crippen molar-refractivity contribution in [2.75, 3.05) is 0 Å². The van der Waals surface area contributed by atoms with Crippen molar-refractivity contribution in [3.8, 4) is 0 Å². The van der Waals surface area contributed by atoms with Gasteiger partial charge >= 0.3 is 0 Å². The minimum Gasteiger partial charge on any atom is -0.460 e. The number of benzene rings is 2. The predicted octanol–water partition coefficient (Wildman–Crippen LogP) is 5.70. The second kappa shape index (κ2) is 5.60. The highest BCUT2D eigenvalue weighted by Gasteiger charge is 2.18. The monoisotopic (exact) mass is 350 g/mol. The molecule has 0 aliphatic heterocycles. The third-order valence-corrected chi connectivity index (χ3v) is 4.22. The summed E-state index contributed by atoms with van der Waals surface area (Å²) in [6.45, 7) is 2.01. The molecule has 0 spiro atoms. The van der Waals surface area contributed by atoms with Gasteiger partial charge in [0, 0.05) is 10.9 Å². The van der Waals surface area contributed by atoms with E-state index in [-0.39, 0.29) is 16.8 Å². The zero-order valence-corrected chi connectivity index (χ0v) is 13.0. The first-order chi connectivity index (χ1) is 10.0. The molecule has 0 amide bonds. The summed E-state index contributed by atoms with van der Waals surface area (Å²) < 4.78 is 33.1. The Labute approximate surface area is 129 Å². The molecule has 108 valence electrons. The summed E-state index contributed by atoms with van der Waals surface area (Å²) in [7, 11) is 0. The Kier molecular flexibility index (Phi) is 3.81. The third-order valence-electron chi connectivity index (χ3n) is 3.44. The first-order valence-corrected chi connectivity index (χ1v) is 7.53. The van der Waals surface area contributed by atoms with Crippen LogP contribution in [0.3, 0.4) is 0 Å². The second-order valence-corrected chi connectivity index (χ2v) is 6.17. The smallest absolute Gasteiger partial charge is 0.134 e. The molecule has 0 saturated carbocycles. The average molecular weight is 351 g/mol. The van der Waals surface area contributed by atoms with E-state index in [9.17, 15) is 8.78 Å². The van der Waals surface area contributed by atoms with Gasteiger partial charge in [0.1, 0.15) is 23.0 Å². The Bertz CT molecular complexity index is 774. The van der Waals surface area contributed by atoms with Gasteiger partial charge in [-0.05, 0) is 43.7 Å². The molecule has 21 heavy (non-hydrogen) atoms. The van der Waals surface area contributed by atoms with Crippen LogP contribution in [0.2, 0.25) is 0 Å². The van der Waals surface area contributed by atoms with Crippen LogP contribution in [0, 0.1) is 18.6 Å².